The Hall–Kier alpha value is -2.50. The van der Waals surface area contributed by atoms with Crippen molar-refractivity contribution < 1.29 is 9.53 Å². The van der Waals surface area contributed by atoms with Crippen LogP contribution in [0.1, 0.15) is 41.0 Å². The third kappa shape index (κ3) is 1.72. The highest BCUT2D eigenvalue weighted by Gasteiger charge is 2.35. The average Bonchev–Trinajstić information content (AvgIpc) is 3.18. The minimum Gasteiger partial charge on any atom is -0.464 e. The molecule has 0 fully saturated rings. The molecule has 0 aromatic carbocycles. The van der Waals surface area contributed by atoms with Gasteiger partial charge in [0, 0.05) is 18.0 Å². The molecule has 0 atom stereocenters. The van der Waals surface area contributed by atoms with Gasteiger partial charge in [0.2, 0.25) is 0 Å². The van der Waals surface area contributed by atoms with E-state index in [0.29, 0.717) is 11.5 Å². The van der Waals surface area contributed by atoms with Crippen LogP contribution in [-0.4, -0.2) is 32.8 Å². The molecule has 0 saturated carbocycles. The van der Waals surface area contributed by atoms with Gasteiger partial charge in [0.15, 0.2) is 11.5 Å². The van der Waals surface area contributed by atoms with Crippen molar-refractivity contribution in [1.82, 2.24) is 19.7 Å². The molecule has 2 heterocycles. The van der Waals surface area contributed by atoms with E-state index in [2.05, 4.69) is 15.1 Å². The molecule has 0 unspecified atom stereocenters. The normalized spacial score (nSPS) is 16.0. The number of carbonyl (C=O) groups is 1. The summed E-state index contributed by atoms with van der Waals surface area (Å²) >= 11 is 0. The van der Waals surface area contributed by atoms with Crippen LogP contribution in [-0.2, 0) is 11.2 Å². The maximum atomic E-state index is 12.0. The van der Waals surface area contributed by atoms with E-state index in [0.717, 1.165) is 30.5 Å². The standard InChI is InChI=1S/C15H14N4O2/c1-21-15(20)13-11-7-9-3-2-4-10(9)14(11)19(18-13)12-8-16-5-6-17-12/h5-6,8H,2-4,7H2,1H3. The lowest BCUT2D eigenvalue weighted by molar-refractivity contribution is 0.0592. The van der Waals surface area contributed by atoms with Gasteiger partial charge in [-0.15, -0.1) is 0 Å². The van der Waals surface area contributed by atoms with E-state index in [9.17, 15) is 4.79 Å². The summed E-state index contributed by atoms with van der Waals surface area (Å²) in [5, 5.41) is 4.44. The van der Waals surface area contributed by atoms with Crippen LogP contribution < -0.4 is 0 Å². The quantitative estimate of drug-likeness (QED) is 0.787. The zero-order chi connectivity index (χ0) is 14.4. The van der Waals surface area contributed by atoms with Gasteiger partial charge in [0.1, 0.15) is 0 Å². The molecule has 2 aliphatic rings. The van der Waals surface area contributed by atoms with Gasteiger partial charge in [-0.1, -0.05) is 5.57 Å². The number of esters is 1. The number of aromatic nitrogens is 4. The van der Waals surface area contributed by atoms with Crippen molar-refractivity contribution in [3.05, 3.63) is 41.1 Å². The first-order valence-corrected chi connectivity index (χ1v) is 6.97. The highest BCUT2D eigenvalue weighted by atomic mass is 16.5. The molecule has 0 aliphatic heterocycles. The van der Waals surface area contributed by atoms with Gasteiger partial charge in [0.05, 0.1) is 19.0 Å². The maximum Gasteiger partial charge on any atom is 0.358 e. The number of methoxy groups -OCH3 is 1. The van der Waals surface area contributed by atoms with Crippen molar-refractivity contribution in [3.8, 4) is 5.82 Å². The van der Waals surface area contributed by atoms with Crippen molar-refractivity contribution in [1.29, 1.82) is 0 Å². The van der Waals surface area contributed by atoms with E-state index in [-0.39, 0.29) is 0 Å². The first kappa shape index (κ1) is 12.3. The van der Waals surface area contributed by atoms with Crippen molar-refractivity contribution in [2.24, 2.45) is 0 Å². The van der Waals surface area contributed by atoms with Gasteiger partial charge < -0.3 is 4.74 Å². The van der Waals surface area contributed by atoms with E-state index in [4.69, 9.17) is 4.74 Å². The minimum atomic E-state index is -0.393. The number of rotatable bonds is 2. The SMILES string of the molecule is COC(=O)c1nn(-c2cnccn2)c2c1CC1=C2CCC1. The molecule has 4 rings (SSSR count). The number of hydrogen-bond donors (Lipinski definition) is 0. The van der Waals surface area contributed by atoms with Crippen LogP contribution in [0.15, 0.2) is 24.2 Å². The fraction of sp³-hybridized carbons (Fsp3) is 0.333. The second-order valence-electron chi connectivity index (χ2n) is 5.26. The number of ether oxygens (including phenoxy) is 1. The van der Waals surface area contributed by atoms with E-state index in [1.165, 1.54) is 24.7 Å². The molecule has 0 spiro atoms. The first-order chi connectivity index (χ1) is 10.3. The minimum absolute atomic E-state index is 0.393. The second kappa shape index (κ2) is 4.51. The lowest BCUT2D eigenvalue weighted by Gasteiger charge is -2.05. The first-order valence-electron chi connectivity index (χ1n) is 6.97. The van der Waals surface area contributed by atoms with Gasteiger partial charge in [-0.3, -0.25) is 4.98 Å². The molecule has 2 aromatic heterocycles. The van der Waals surface area contributed by atoms with Gasteiger partial charge in [-0.25, -0.2) is 14.5 Å². The Bertz CT molecular complexity index is 761. The van der Waals surface area contributed by atoms with Crippen LogP contribution in [0.5, 0.6) is 0 Å². The van der Waals surface area contributed by atoms with Crippen LogP contribution in [0.3, 0.4) is 0 Å². The summed E-state index contributed by atoms with van der Waals surface area (Å²) in [6, 6.07) is 0. The summed E-state index contributed by atoms with van der Waals surface area (Å²) in [4.78, 5) is 20.4. The fourth-order valence-electron chi connectivity index (χ4n) is 3.26. The summed E-state index contributed by atoms with van der Waals surface area (Å²) < 4.78 is 6.60. The van der Waals surface area contributed by atoms with Crippen molar-refractivity contribution in [2.75, 3.05) is 7.11 Å². The Labute approximate surface area is 121 Å². The van der Waals surface area contributed by atoms with Crippen LogP contribution in [0.25, 0.3) is 11.4 Å². The molecule has 0 N–H and O–H groups in total. The Kier molecular flexibility index (Phi) is 2.63. The summed E-state index contributed by atoms with van der Waals surface area (Å²) in [5.74, 6) is 0.236. The highest BCUT2D eigenvalue weighted by Crippen LogP contribution is 2.44. The van der Waals surface area contributed by atoms with Crippen LogP contribution in [0.2, 0.25) is 0 Å². The van der Waals surface area contributed by atoms with E-state index >= 15 is 0 Å². The highest BCUT2D eigenvalue weighted by molar-refractivity contribution is 5.93. The molecular weight excluding hydrogens is 268 g/mol. The molecule has 6 nitrogen and oxygen atoms in total. The summed E-state index contributed by atoms with van der Waals surface area (Å²) in [6.07, 6.45) is 9.01. The Morgan fingerprint density at radius 3 is 3.00 bits per heavy atom. The fourth-order valence-corrected chi connectivity index (χ4v) is 3.26. The van der Waals surface area contributed by atoms with Gasteiger partial charge in [-0.2, -0.15) is 5.10 Å². The van der Waals surface area contributed by atoms with Gasteiger partial charge >= 0.3 is 5.97 Å². The number of allylic oxidation sites excluding steroid dienone is 2. The van der Waals surface area contributed by atoms with E-state index in [1.54, 1.807) is 23.3 Å². The van der Waals surface area contributed by atoms with Gasteiger partial charge in [-0.05, 0) is 31.3 Å². The van der Waals surface area contributed by atoms with Crippen molar-refractivity contribution in [3.63, 3.8) is 0 Å². The predicted molar refractivity (Wildman–Crippen MR) is 75.0 cm³/mol. The molecular formula is C15H14N4O2. The molecule has 2 aliphatic carbocycles. The van der Waals surface area contributed by atoms with E-state index in [1.807, 2.05) is 0 Å². The largest absolute Gasteiger partial charge is 0.464 e. The molecule has 21 heavy (non-hydrogen) atoms. The predicted octanol–water partition coefficient (Wildman–Crippen LogP) is 1.94. The number of hydrogen-bond acceptors (Lipinski definition) is 5. The van der Waals surface area contributed by atoms with Crippen molar-refractivity contribution >= 4 is 11.5 Å². The summed E-state index contributed by atoms with van der Waals surface area (Å²) in [7, 11) is 1.38. The maximum absolute atomic E-state index is 12.0. The monoisotopic (exact) mass is 282 g/mol. The Balaban J connectivity index is 1.94. The summed E-state index contributed by atoms with van der Waals surface area (Å²) in [6.45, 7) is 0. The zero-order valence-corrected chi connectivity index (χ0v) is 11.7. The van der Waals surface area contributed by atoms with Crippen molar-refractivity contribution in [2.45, 2.75) is 25.7 Å². The Morgan fingerprint density at radius 2 is 2.24 bits per heavy atom. The topological polar surface area (TPSA) is 69.9 Å². The molecule has 106 valence electrons. The molecule has 0 amide bonds. The lowest BCUT2D eigenvalue weighted by atomic mass is 10.1. The molecule has 2 aromatic rings. The molecule has 6 heteroatoms. The van der Waals surface area contributed by atoms with E-state index < -0.39 is 5.97 Å². The third-order valence-corrected chi connectivity index (χ3v) is 4.14. The average molecular weight is 282 g/mol. The lowest BCUT2D eigenvalue weighted by Crippen LogP contribution is -2.07. The number of carbonyl (C=O) groups excluding carboxylic acids is 1. The zero-order valence-electron chi connectivity index (χ0n) is 11.7. The van der Waals surface area contributed by atoms with Gasteiger partial charge in [0.25, 0.3) is 0 Å². The smallest absolute Gasteiger partial charge is 0.358 e. The Morgan fingerprint density at radius 1 is 1.33 bits per heavy atom. The molecule has 0 bridgehead atoms. The number of fused-ring (bicyclic) bond motifs is 2. The molecule has 0 radical (unpaired) electrons. The van der Waals surface area contributed by atoms with Crippen LogP contribution >= 0.6 is 0 Å². The summed E-state index contributed by atoms with van der Waals surface area (Å²) in [5.41, 5.74) is 5.12. The third-order valence-electron chi connectivity index (χ3n) is 4.14. The van der Waals surface area contributed by atoms with Crippen LogP contribution in [0, 0.1) is 0 Å². The second-order valence-corrected chi connectivity index (χ2v) is 5.26. The number of nitrogens with zero attached hydrogens (tertiary/aromatic N) is 4. The molecule has 0 saturated heterocycles. The van der Waals surface area contributed by atoms with Crippen LogP contribution in [0.4, 0.5) is 0 Å².